The van der Waals surface area contributed by atoms with E-state index < -0.39 is 11.7 Å². The number of benzene rings is 2. The zero-order valence-electron chi connectivity index (χ0n) is 23.7. The average molecular weight is 546 g/mol. The average Bonchev–Trinajstić information content (AvgIpc) is 3.39. The lowest BCUT2D eigenvalue weighted by Crippen LogP contribution is -2.50. The van der Waals surface area contributed by atoms with Gasteiger partial charge >= 0.3 is 6.09 Å². The highest BCUT2D eigenvalue weighted by atomic mass is 16.6. The molecule has 40 heavy (non-hydrogen) atoms. The van der Waals surface area contributed by atoms with Gasteiger partial charge in [-0.05, 0) is 82.0 Å². The van der Waals surface area contributed by atoms with Gasteiger partial charge in [-0.1, -0.05) is 37.1 Å². The number of nitrogens with zero attached hydrogens (tertiary/aromatic N) is 2. The predicted molar refractivity (Wildman–Crippen MR) is 152 cm³/mol. The first-order chi connectivity index (χ1) is 19.1. The lowest BCUT2D eigenvalue weighted by atomic mass is 9.73. The fraction of sp³-hybridized carbons (Fsp3) is 0.469. The quantitative estimate of drug-likeness (QED) is 0.328. The fourth-order valence-electron chi connectivity index (χ4n) is 5.59. The van der Waals surface area contributed by atoms with Gasteiger partial charge in [0, 0.05) is 30.4 Å². The maximum absolute atomic E-state index is 12.0. The third kappa shape index (κ3) is 6.55. The van der Waals surface area contributed by atoms with Crippen LogP contribution in [0.25, 0.3) is 0 Å². The molecule has 8 nitrogen and oxygen atoms in total. The van der Waals surface area contributed by atoms with Crippen LogP contribution in [0.2, 0.25) is 0 Å². The minimum absolute atomic E-state index is 0.0331. The fourth-order valence-corrected chi connectivity index (χ4v) is 5.59. The van der Waals surface area contributed by atoms with Gasteiger partial charge in [0.05, 0.1) is 11.8 Å². The van der Waals surface area contributed by atoms with E-state index in [0.29, 0.717) is 17.3 Å². The normalized spacial score (nSPS) is 20.7. The molecule has 2 saturated carbocycles. The van der Waals surface area contributed by atoms with Crippen LogP contribution >= 0.6 is 0 Å². The summed E-state index contributed by atoms with van der Waals surface area (Å²) >= 11 is 0. The third-order valence-electron chi connectivity index (χ3n) is 7.70. The van der Waals surface area contributed by atoms with E-state index in [-0.39, 0.29) is 23.7 Å². The van der Waals surface area contributed by atoms with Crippen LogP contribution in [0.5, 0.6) is 17.4 Å². The van der Waals surface area contributed by atoms with Crippen LogP contribution in [0.3, 0.4) is 0 Å². The van der Waals surface area contributed by atoms with Crippen molar-refractivity contribution in [3.63, 3.8) is 0 Å². The van der Waals surface area contributed by atoms with Crippen molar-refractivity contribution in [2.24, 2.45) is 0 Å². The highest BCUT2D eigenvalue weighted by Gasteiger charge is 2.38. The van der Waals surface area contributed by atoms with E-state index >= 15 is 0 Å². The minimum atomic E-state index is -0.664. The Morgan fingerprint density at radius 3 is 2.05 bits per heavy atom. The molecule has 1 unspecified atom stereocenters. The molecule has 0 aliphatic heterocycles. The summed E-state index contributed by atoms with van der Waals surface area (Å²) in [6.07, 6.45) is 5.17. The van der Waals surface area contributed by atoms with Gasteiger partial charge < -0.3 is 24.6 Å². The first-order valence-corrected chi connectivity index (χ1v) is 14.2. The Bertz CT molecular complexity index is 1270. The Kier molecular flexibility index (Phi) is 7.99. The molecular weight excluding hydrogens is 506 g/mol. The molecule has 0 bridgehead atoms. The van der Waals surface area contributed by atoms with Crippen molar-refractivity contribution in [2.75, 3.05) is 0 Å². The van der Waals surface area contributed by atoms with Gasteiger partial charge in [-0.15, -0.1) is 10.2 Å². The summed E-state index contributed by atoms with van der Waals surface area (Å²) in [5, 5.41) is 20.6. The summed E-state index contributed by atoms with van der Waals surface area (Å²) in [5.41, 5.74) is 2.55. The van der Waals surface area contributed by atoms with Crippen LogP contribution in [0.15, 0.2) is 60.7 Å². The van der Waals surface area contributed by atoms with Crippen LogP contribution in [-0.2, 0) is 10.2 Å². The molecular formula is C32H39N3O5. The van der Waals surface area contributed by atoms with E-state index in [1.807, 2.05) is 32.9 Å². The minimum Gasteiger partial charge on any atom is -0.490 e. The Morgan fingerprint density at radius 2 is 1.52 bits per heavy atom. The number of hydrogen-bond acceptors (Lipinski definition) is 7. The molecule has 1 amide bonds. The number of aliphatic hydroxyl groups excluding tert-OH is 1. The standard InChI is InChI=1S/C32H39N3O5/c1-21(36)28-15-16-29(35-34-28)39-26-13-9-23(10-14-26)32(17-5-6-18-32)22-7-11-25(12-8-22)38-27-19-24(20-27)33-30(37)40-31(2,3)4/h7-16,21,24,27,36H,5-6,17-20H2,1-4H3,(H,33,37). The van der Waals surface area contributed by atoms with Crippen LogP contribution < -0.4 is 14.8 Å². The van der Waals surface area contributed by atoms with Crippen molar-refractivity contribution in [2.45, 2.75) is 95.5 Å². The molecule has 1 aromatic heterocycles. The molecule has 2 N–H and O–H groups in total. The highest BCUT2D eigenvalue weighted by Crippen LogP contribution is 2.47. The molecule has 0 radical (unpaired) electrons. The number of nitrogens with one attached hydrogen (secondary N) is 1. The van der Waals surface area contributed by atoms with Crippen molar-refractivity contribution >= 4 is 6.09 Å². The predicted octanol–water partition coefficient (Wildman–Crippen LogP) is 6.62. The Balaban J connectivity index is 1.19. The second kappa shape index (κ2) is 11.5. The Morgan fingerprint density at radius 1 is 0.925 bits per heavy atom. The molecule has 0 spiro atoms. The summed E-state index contributed by atoms with van der Waals surface area (Å²) in [6, 6.07) is 20.3. The Labute approximate surface area is 236 Å². The third-order valence-corrected chi connectivity index (χ3v) is 7.70. The zero-order chi connectivity index (χ0) is 28.3. The summed E-state index contributed by atoms with van der Waals surface area (Å²) in [4.78, 5) is 12.0. The molecule has 2 aliphatic carbocycles. The van der Waals surface area contributed by atoms with E-state index in [4.69, 9.17) is 14.2 Å². The topological polar surface area (TPSA) is 103 Å². The van der Waals surface area contributed by atoms with Crippen molar-refractivity contribution in [3.05, 3.63) is 77.5 Å². The van der Waals surface area contributed by atoms with Crippen LogP contribution in [0.1, 0.15) is 89.1 Å². The molecule has 2 aliphatic rings. The monoisotopic (exact) mass is 545 g/mol. The molecule has 2 fully saturated rings. The summed E-state index contributed by atoms with van der Waals surface area (Å²) in [7, 11) is 0. The van der Waals surface area contributed by atoms with Gasteiger partial charge in [0.25, 0.3) is 0 Å². The van der Waals surface area contributed by atoms with Crippen molar-refractivity contribution in [3.8, 4) is 17.4 Å². The molecule has 1 heterocycles. The number of alkyl carbamates (subject to hydrolysis) is 1. The Hall–Kier alpha value is -3.65. The summed E-state index contributed by atoms with van der Waals surface area (Å²) < 4.78 is 17.4. The molecule has 2 aromatic carbocycles. The molecule has 0 saturated heterocycles. The SMILES string of the molecule is CC(O)c1ccc(Oc2ccc(C3(c4ccc(OC5CC(NC(=O)OC(C)(C)C)C5)cc4)CCCC3)cc2)nn1. The molecule has 1 atom stereocenters. The van der Waals surface area contributed by atoms with Crippen molar-refractivity contribution in [1.29, 1.82) is 0 Å². The number of aromatic nitrogens is 2. The van der Waals surface area contributed by atoms with Crippen LogP contribution in [0.4, 0.5) is 4.79 Å². The summed E-state index contributed by atoms with van der Waals surface area (Å²) in [6.45, 7) is 7.23. The van der Waals surface area contributed by atoms with Crippen molar-refractivity contribution in [1.82, 2.24) is 15.5 Å². The number of rotatable bonds is 8. The maximum Gasteiger partial charge on any atom is 0.407 e. The van der Waals surface area contributed by atoms with Gasteiger partial charge in [0.1, 0.15) is 23.2 Å². The van der Waals surface area contributed by atoms with Gasteiger partial charge in [0.15, 0.2) is 0 Å². The molecule has 3 aromatic rings. The number of ether oxygens (including phenoxy) is 3. The lowest BCUT2D eigenvalue weighted by molar-refractivity contribution is 0.0362. The lowest BCUT2D eigenvalue weighted by Gasteiger charge is -2.36. The van der Waals surface area contributed by atoms with Crippen molar-refractivity contribution < 1.29 is 24.1 Å². The van der Waals surface area contributed by atoms with E-state index in [9.17, 15) is 9.90 Å². The van der Waals surface area contributed by atoms with E-state index in [1.165, 1.54) is 24.0 Å². The molecule has 5 rings (SSSR count). The second-order valence-corrected chi connectivity index (χ2v) is 12.0. The van der Waals surface area contributed by atoms with Gasteiger partial charge in [-0.25, -0.2) is 4.79 Å². The van der Waals surface area contributed by atoms with Crippen LogP contribution in [-0.4, -0.2) is 39.1 Å². The maximum atomic E-state index is 12.0. The number of amides is 1. The van der Waals surface area contributed by atoms with Gasteiger partial charge in [-0.2, -0.15) is 0 Å². The first kappa shape index (κ1) is 27.9. The van der Waals surface area contributed by atoms with Crippen LogP contribution in [0, 0.1) is 0 Å². The van der Waals surface area contributed by atoms with Gasteiger partial charge in [-0.3, -0.25) is 0 Å². The van der Waals surface area contributed by atoms with E-state index in [1.54, 1.807) is 19.1 Å². The smallest absolute Gasteiger partial charge is 0.407 e. The number of aliphatic hydroxyl groups is 1. The molecule has 8 heteroatoms. The number of hydrogen-bond donors (Lipinski definition) is 2. The summed E-state index contributed by atoms with van der Waals surface area (Å²) in [5.74, 6) is 1.94. The number of carbonyl (C=O) groups excluding carboxylic acids is 1. The second-order valence-electron chi connectivity index (χ2n) is 12.0. The van der Waals surface area contributed by atoms with E-state index in [0.717, 1.165) is 31.4 Å². The zero-order valence-corrected chi connectivity index (χ0v) is 23.7. The number of carbonyl (C=O) groups is 1. The van der Waals surface area contributed by atoms with Gasteiger partial charge in [0.2, 0.25) is 5.88 Å². The highest BCUT2D eigenvalue weighted by molar-refractivity contribution is 5.68. The largest absolute Gasteiger partial charge is 0.490 e. The molecule has 212 valence electrons. The van der Waals surface area contributed by atoms with E-state index in [2.05, 4.69) is 51.9 Å². The first-order valence-electron chi connectivity index (χ1n) is 14.2.